The van der Waals surface area contributed by atoms with Crippen LogP contribution in [-0.2, 0) is 39.1 Å². The predicted molar refractivity (Wildman–Crippen MR) is 332 cm³/mol. The number of hydrogen-bond acceptors (Lipinski definition) is 8. The van der Waals surface area contributed by atoms with Gasteiger partial charge >= 0.3 is 0 Å². The number of ether oxygens (including phenoxy) is 4. The average molecular weight is 1090 g/mol. The van der Waals surface area contributed by atoms with Gasteiger partial charge in [0, 0.05) is 70.6 Å². The van der Waals surface area contributed by atoms with Crippen LogP contribution in [0.3, 0.4) is 0 Å². The van der Waals surface area contributed by atoms with Crippen LogP contribution in [0.2, 0.25) is 0 Å². The third-order valence-corrected chi connectivity index (χ3v) is 17.7. The molecule has 0 aromatic heterocycles. The van der Waals surface area contributed by atoms with Crippen molar-refractivity contribution in [3.05, 3.63) is 238 Å². The molecule has 4 atom stereocenters. The quantitative estimate of drug-likeness (QED) is 0.105. The molecule has 0 bridgehead atoms. The molecule has 2 heterocycles. The van der Waals surface area contributed by atoms with Crippen molar-refractivity contribution in [1.82, 2.24) is 9.80 Å². The van der Waals surface area contributed by atoms with Crippen LogP contribution in [0, 0.1) is 13.8 Å². The first-order valence-electron chi connectivity index (χ1n) is 28.8. The second-order valence-corrected chi connectivity index (χ2v) is 22.6. The number of phenols is 2. The summed E-state index contributed by atoms with van der Waals surface area (Å²) in [7, 11) is 3.28. The van der Waals surface area contributed by atoms with Gasteiger partial charge in [-0.1, -0.05) is 170 Å². The fourth-order valence-corrected chi connectivity index (χ4v) is 13.7. The minimum Gasteiger partial charge on any atom is -0.506 e. The number of nitrogens with zero attached hydrogens (tertiary/aromatic N) is 2. The maximum atomic E-state index is 13.4. The molecule has 0 saturated heterocycles. The van der Waals surface area contributed by atoms with Crippen molar-refractivity contribution in [2.75, 3.05) is 14.2 Å². The zero-order valence-corrected chi connectivity index (χ0v) is 48.3. The lowest BCUT2D eigenvalue weighted by molar-refractivity contribution is 0.125. The first-order valence-corrected chi connectivity index (χ1v) is 28.8. The van der Waals surface area contributed by atoms with E-state index in [9.17, 15) is 10.2 Å². The molecule has 10 aromatic carbocycles. The van der Waals surface area contributed by atoms with E-state index in [1.54, 1.807) is 14.2 Å². The molecule has 12 rings (SSSR count). The minimum atomic E-state index is -0.0181. The normalized spacial score (nSPS) is 17.1. The molecule has 8 heteroatoms. The third kappa shape index (κ3) is 9.67. The Morgan fingerprint density at radius 2 is 0.768 bits per heavy atom. The summed E-state index contributed by atoms with van der Waals surface area (Å²) in [5.74, 6) is 2.59. The first-order chi connectivity index (χ1) is 39.9. The van der Waals surface area contributed by atoms with Gasteiger partial charge in [0.25, 0.3) is 0 Å². The molecule has 2 aliphatic heterocycles. The number of methoxy groups -OCH3 is 2. The standard InChI is InChI=1S/C74H72N2O6/c1-45-39-55-35-37-59(73(81-43-53-27-17-11-18-28-53)67(55)49(5)75(45)41-51-23-13-9-14-24-51)63-47(3)65(71(77)69-57(63)31-21-33-61(69)79-7)66-48(4)64(58-32-22-34-62(80-8)70(58)72(66)78)60-38-36-56-40-46(2)76(42-52-25-15-10-16-26-52)50(6)68(56)74(60)82-44-54-29-19-12-20-30-54/h9-38,45-46,49-50,77-78H,39-44H2,1-8H3/t45-,46-,49-,50-/m1/s1. The van der Waals surface area contributed by atoms with E-state index in [1.807, 2.05) is 60.7 Å². The molecule has 0 saturated carbocycles. The number of phenolic OH excluding ortho intramolecular Hbond substituents is 2. The van der Waals surface area contributed by atoms with Crippen molar-refractivity contribution < 1.29 is 29.2 Å². The van der Waals surface area contributed by atoms with Crippen LogP contribution in [-0.4, -0.2) is 46.3 Å². The Hall–Kier alpha value is -8.56. The van der Waals surface area contributed by atoms with Crippen LogP contribution in [0.1, 0.15) is 95.4 Å². The Balaban J connectivity index is 1.13. The summed E-state index contributed by atoms with van der Waals surface area (Å²) in [6.45, 7) is 15.7. The summed E-state index contributed by atoms with van der Waals surface area (Å²) < 4.78 is 27.0. The Morgan fingerprint density at radius 1 is 0.415 bits per heavy atom. The Kier molecular flexibility index (Phi) is 15.0. The summed E-state index contributed by atoms with van der Waals surface area (Å²) in [6, 6.07) is 63.4. The van der Waals surface area contributed by atoms with Gasteiger partial charge in [0.1, 0.15) is 47.7 Å². The topological polar surface area (TPSA) is 83.9 Å². The Labute approximate surface area is 482 Å². The van der Waals surface area contributed by atoms with Crippen molar-refractivity contribution in [3.8, 4) is 67.9 Å². The van der Waals surface area contributed by atoms with E-state index < -0.39 is 0 Å². The Morgan fingerprint density at radius 3 is 1.12 bits per heavy atom. The van der Waals surface area contributed by atoms with E-state index in [0.29, 0.717) is 46.6 Å². The zero-order chi connectivity index (χ0) is 56.8. The molecule has 8 nitrogen and oxygen atoms in total. The molecule has 82 heavy (non-hydrogen) atoms. The first kappa shape index (κ1) is 54.0. The molecule has 414 valence electrons. The summed E-state index contributed by atoms with van der Waals surface area (Å²) in [5, 5.41) is 29.4. The van der Waals surface area contributed by atoms with Gasteiger partial charge in [-0.2, -0.15) is 0 Å². The van der Waals surface area contributed by atoms with E-state index in [4.69, 9.17) is 18.9 Å². The molecule has 0 aliphatic carbocycles. The largest absolute Gasteiger partial charge is 0.506 e. The highest BCUT2D eigenvalue weighted by molar-refractivity contribution is 6.15. The minimum absolute atomic E-state index is 0.00148. The molecule has 2 N–H and O–H groups in total. The maximum Gasteiger partial charge on any atom is 0.135 e. The molecular weight excluding hydrogens is 1010 g/mol. The van der Waals surface area contributed by atoms with Crippen molar-refractivity contribution in [1.29, 1.82) is 0 Å². The highest BCUT2D eigenvalue weighted by Gasteiger charge is 2.38. The van der Waals surface area contributed by atoms with Crippen molar-refractivity contribution in [3.63, 3.8) is 0 Å². The smallest absolute Gasteiger partial charge is 0.135 e. The third-order valence-electron chi connectivity index (χ3n) is 17.7. The fraction of sp³-hybridized carbons (Fsp3) is 0.243. The van der Waals surface area contributed by atoms with E-state index >= 15 is 0 Å². The molecule has 10 aromatic rings. The summed E-state index contributed by atoms with van der Waals surface area (Å²) in [6.07, 6.45) is 1.69. The van der Waals surface area contributed by atoms with Gasteiger partial charge in [0.2, 0.25) is 0 Å². The van der Waals surface area contributed by atoms with E-state index in [0.717, 1.165) is 104 Å². The van der Waals surface area contributed by atoms with Crippen LogP contribution in [0.4, 0.5) is 0 Å². The lowest BCUT2D eigenvalue weighted by Crippen LogP contribution is -2.40. The number of benzene rings is 10. The van der Waals surface area contributed by atoms with Gasteiger partial charge in [0.05, 0.1) is 25.0 Å². The highest BCUT2D eigenvalue weighted by atomic mass is 16.5. The molecule has 0 unspecified atom stereocenters. The van der Waals surface area contributed by atoms with Crippen molar-refractivity contribution in [2.24, 2.45) is 0 Å². The van der Waals surface area contributed by atoms with Crippen LogP contribution in [0.25, 0.3) is 54.9 Å². The second kappa shape index (κ2) is 22.8. The number of rotatable bonds is 15. The second-order valence-electron chi connectivity index (χ2n) is 22.6. The van der Waals surface area contributed by atoms with Gasteiger partial charge in [-0.05, 0) is 133 Å². The van der Waals surface area contributed by atoms with Crippen LogP contribution in [0.15, 0.2) is 182 Å². The monoisotopic (exact) mass is 1080 g/mol. The van der Waals surface area contributed by atoms with Crippen LogP contribution < -0.4 is 18.9 Å². The van der Waals surface area contributed by atoms with Gasteiger partial charge in [-0.15, -0.1) is 0 Å². The zero-order valence-electron chi connectivity index (χ0n) is 48.3. The molecule has 0 spiro atoms. The Bertz CT molecular complexity index is 3720. The molecular formula is C74H72N2O6. The SMILES string of the molecule is COc1cccc2c(-c3ccc4c(c3OCc3ccccc3)[C@@H](C)N(Cc3ccccc3)[C@H](C)C4)c(C)c(-c3c(C)c(-c4ccc5c(c4OCc4ccccc4)[C@@H](C)N(Cc4ccccc4)[C@H](C)C5)c4cccc(OC)c4c3O)c(O)c12. The fourth-order valence-electron chi connectivity index (χ4n) is 13.7. The maximum absolute atomic E-state index is 13.4. The summed E-state index contributed by atoms with van der Waals surface area (Å²) >= 11 is 0. The van der Waals surface area contributed by atoms with Crippen molar-refractivity contribution >= 4 is 21.5 Å². The van der Waals surface area contributed by atoms with Gasteiger partial charge in [-0.3, -0.25) is 9.80 Å². The highest BCUT2D eigenvalue weighted by Crippen LogP contribution is 2.58. The molecule has 0 fully saturated rings. The van der Waals surface area contributed by atoms with Crippen molar-refractivity contribution in [2.45, 2.75) is 105 Å². The van der Waals surface area contributed by atoms with Crippen LogP contribution >= 0.6 is 0 Å². The predicted octanol–water partition coefficient (Wildman–Crippen LogP) is 17.2. The number of hydrogen-bond donors (Lipinski definition) is 2. The van der Waals surface area contributed by atoms with Gasteiger partial charge in [-0.25, -0.2) is 0 Å². The molecule has 2 aliphatic rings. The average Bonchev–Trinajstić information content (AvgIpc) is 1.16. The lowest BCUT2D eigenvalue weighted by atomic mass is 9.79. The van der Waals surface area contributed by atoms with E-state index in [1.165, 1.54) is 22.3 Å². The molecule has 0 radical (unpaired) electrons. The summed E-state index contributed by atoms with van der Waals surface area (Å²) in [5.41, 5.74) is 15.4. The van der Waals surface area contributed by atoms with Gasteiger partial charge < -0.3 is 29.2 Å². The summed E-state index contributed by atoms with van der Waals surface area (Å²) in [4.78, 5) is 5.16. The van der Waals surface area contributed by atoms with E-state index in [2.05, 4.69) is 173 Å². The van der Waals surface area contributed by atoms with Gasteiger partial charge in [0.15, 0.2) is 0 Å². The molecule has 0 amide bonds. The van der Waals surface area contributed by atoms with E-state index in [-0.39, 0.29) is 35.7 Å². The number of fused-ring (bicyclic) bond motifs is 4. The lowest BCUT2D eigenvalue weighted by Gasteiger charge is -2.41. The van der Waals surface area contributed by atoms with Crippen LogP contribution in [0.5, 0.6) is 34.5 Å². The number of aromatic hydroxyl groups is 2.